The Hall–Kier alpha value is -2.74. The van der Waals surface area contributed by atoms with Crippen molar-refractivity contribution in [3.05, 3.63) is 58.0 Å². The van der Waals surface area contributed by atoms with Crippen LogP contribution in [0.25, 0.3) is 0 Å². The molecule has 1 aromatic heterocycles. The number of carbonyl (C=O) groups is 3. The van der Waals surface area contributed by atoms with Crippen molar-refractivity contribution in [2.45, 2.75) is 19.4 Å². The van der Waals surface area contributed by atoms with Crippen molar-refractivity contribution in [1.29, 1.82) is 0 Å². The zero-order valence-corrected chi connectivity index (χ0v) is 15.0. The van der Waals surface area contributed by atoms with Gasteiger partial charge in [-0.05, 0) is 42.5 Å². The van der Waals surface area contributed by atoms with Crippen molar-refractivity contribution < 1.29 is 23.5 Å². The van der Waals surface area contributed by atoms with Gasteiger partial charge in [0.1, 0.15) is 12.4 Å². The number of nitrogens with one attached hydrogen (secondary N) is 2. The average Bonchev–Trinajstić information content (AvgIpc) is 3.16. The lowest BCUT2D eigenvalue weighted by molar-refractivity contribution is -0.153. The number of thiophene rings is 1. The topological polar surface area (TPSA) is 84.5 Å². The highest BCUT2D eigenvalue weighted by molar-refractivity contribution is 7.12. The molecular formula is C18H19FN2O4S. The molecule has 138 valence electrons. The molecule has 2 aromatic rings. The van der Waals surface area contributed by atoms with E-state index in [1.807, 2.05) is 0 Å². The minimum atomic E-state index is -0.977. The summed E-state index contributed by atoms with van der Waals surface area (Å²) in [5, 5.41) is 6.83. The number of halogens is 1. The molecule has 0 aliphatic carbocycles. The van der Waals surface area contributed by atoms with E-state index in [1.54, 1.807) is 29.6 Å². The first-order valence-corrected chi connectivity index (χ1v) is 8.87. The van der Waals surface area contributed by atoms with Crippen molar-refractivity contribution in [3.8, 4) is 0 Å². The van der Waals surface area contributed by atoms with Crippen LogP contribution in [-0.4, -0.2) is 37.0 Å². The van der Waals surface area contributed by atoms with E-state index in [4.69, 9.17) is 4.74 Å². The molecule has 0 bridgehead atoms. The summed E-state index contributed by atoms with van der Waals surface area (Å²) in [5.41, 5.74) is 0.882. The van der Waals surface area contributed by atoms with E-state index in [1.165, 1.54) is 30.4 Å². The van der Waals surface area contributed by atoms with E-state index < -0.39 is 18.0 Å². The van der Waals surface area contributed by atoms with Crippen LogP contribution in [0, 0.1) is 5.82 Å². The number of rotatable bonds is 8. The van der Waals surface area contributed by atoms with Crippen LogP contribution >= 0.6 is 11.3 Å². The second kappa shape index (κ2) is 9.67. The van der Waals surface area contributed by atoms with Gasteiger partial charge in [-0.2, -0.15) is 0 Å². The van der Waals surface area contributed by atoms with Crippen LogP contribution < -0.4 is 10.6 Å². The first-order chi connectivity index (χ1) is 12.5. The van der Waals surface area contributed by atoms with E-state index in [-0.39, 0.29) is 18.3 Å². The molecule has 0 saturated heterocycles. The molecule has 0 fully saturated rings. The summed E-state index contributed by atoms with van der Waals surface area (Å²) < 4.78 is 17.8. The van der Waals surface area contributed by atoms with Gasteiger partial charge in [-0.15, -0.1) is 11.3 Å². The third-order valence-corrected chi connectivity index (χ3v) is 4.31. The average molecular weight is 378 g/mol. The van der Waals surface area contributed by atoms with Crippen LogP contribution in [0.3, 0.4) is 0 Å². The molecule has 0 saturated carbocycles. The minimum Gasteiger partial charge on any atom is -0.451 e. The first kappa shape index (κ1) is 19.6. The van der Waals surface area contributed by atoms with E-state index in [9.17, 15) is 18.8 Å². The summed E-state index contributed by atoms with van der Waals surface area (Å²) in [5.74, 6) is -1.82. The normalized spacial score (nSPS) is 11.5. The van der Waals surface area contributed by atoms with Crippen LogP contribution in [-0.2, 0) is 20.7 Å². The Kier molecular flexibility index (Phi) is 7.28. The van der Waals surface area contributed by atoms with Gasteiger partial charge >= 0.3 is 5.97 Å². The Morgan fingerprint density at radius 2 is 1.88 bits per heavy atom. The first-order valence-electron chi connectivity index (χ1n) is 7.99. The SMILES string of the molecule is C[C@H](OC(=O)CNC(=O)c1cccs1)C(=O)NCCc1ccc(F)cc1. The van der Waals surface area contributed by atoms with Gasteiger partial charge in [0, 0.05) is 6.54 Å². The smallest absolute Gasteiger partial charge is 0.326 e. The molecule has 0 radical (unpaired) electrons. The third-order valence-electron chi connectivity index (χ3n) is 3.44. The Labute approximate surface area is 154 Å². The highest BCUT2D eigenvalue weighted by Gasteiger charge is 2.18. The molecule has 0 aliphatic heterocycles. The summed E-state index contributed by atoms with van der Waals surface area (Å²) >= 11 is 1.26. The molecule has 2 rings (SSSR count). The molecule has 1 aromatic carbocycles. The Morgan fingerprint density at radius 3 is 2.54 bits per heavy atom. The lowest BCUT2D eigenvalue weighted by Crippen LogP contribution is -2.39. The monoisotopic (exact) mass is 378 g/mol. The van der Waals surface area contributed by atoms with Crippen molar-refractivity contribution in [3.63, 3.8) is 0 Å². The molecule has 1 atom stereocenters. The maximum Gasteiger partial charge on any atom is 0.326 e. The maximum absolute atomic E-state index is 12.8. The van der Waals surface area contributed by atoms with E-state index in [2.05, 4.69) is 10.6 Å². The van der Waals surface area contributed by atoms with Gasteiger partial charge in [0.05, 0.1) is 4.88 Å². The van der Waals surface area contributed by atoms with Gasteiger partial charge in [0.2, 0.25) is 0 Å². The molecule has 6 nitrogen and oxygen atoms in total. The standard InChI is InChI=1S/C18H19FN2O4S/c1-12(17(23)20-9-8-13-4-6-14(19)7-5-13)25-16(22)11-21-18(24)15-3-2-10-26-15/h2-7,10,12H,8-9,11H2,1H3,(H,20,23)(H,21,24)/t12-/m0/s1. The predicted octanol–water partition coefficient (Wildman–Crippen LogP) is 1.91. The van der Waals surface area contributed by atoms with Crippen LogP contribution in [0.15, 0.2) is 41.8 Å². The fraction of sp³-hybridized carbons (Fsp3) is 0.278. The van der Waals surface area contributed by atoms with Crippen LogP contribution in [0.1, 0.15) is 22.2 Å². The van der Waals surface area contributed by atoms with Crippen LogP contribution in [0.4, 0.5) is 4.39 Å². The molecule has 8 heteroatoms. The largest absolute Gasteiger partial charge is 0.451 e. The number of amides is 2. The van der Waals surface area contributed by atoms with Gasteiger partial charge < -0.3 is 15.4 Å². The summed E-state index contributed by atoms with van der Waals surface area (Å²) in [6.45, 7) is 1.47. The fourth-order valence-electron chi connectivity index (χ4n) is 2.06. The highest BCUT2D eigenvalue weighted by Crippen LogP contribution is 2.07. The predicted molar refractivity (Wildman–Crippen MR) is 95.3 cm³/mol. The Morgan fingerprint density at radius 1 is 1.15 bits per heavy atom. The number of ether oxygens (including phenoxy) is 1. The Balaban J connectivity index is 1.66. The summed E-state index contributed by atoms with van der Waals surface area (Å²) in [6, 6.07) is 9.36. The molecule has 0 aliphatic rings. The highest BCUT2D eigenvalue weighted by atomic mass is 32.1. The minimum absolute atomic E-state index is 0.315. The number of esters is 1. The van der Waals surface area contributed by atoms with E-state index >= 15 is 0 Å². The van der Waals surface area contributed by atoms with E-state index in [0.29, 0.717) is 17.8 Å². The van der Waals surface area contributed by atoms with Crippen molar-refractivity contribution >= 4 is 29.1 Å². The fourth-order valence-corrected chi connectivity index (χ4v) is 2.70. The molecular weight excluding hydrogens is 359 g/mol. The molecule has 0 unspecified atom stereocenters. The molecule has 2 N–H and O–H groups in total. The zero-order chi connectivity index (χ0) is 18.9. The van der Waals surface area contributed by atoms with Crippen molar-refractivity contribution in [2.75, 3.05) is 13.1 Å². The summed E-state index contributed by atoms with van der Waals surface area (Å²) in [4.78, 5) is 35.8. The van der Waals surface area contributed by atoms with Gasteiger partial charge in [-0.1, -0.05) is 18.2 Å². The van der Waals surface area contributed by atoms with Gasteiger partial charge in [0.15, 0.2) is 6.10 Å². The molecule has 0 spiro atoms. The number of carbonyl (C=O) groups excluding carboxylic acids is 3. The quantitative estimate of drug-likeness (QED) is 0.687. The maximum atomic E-state index is 12.8. The van der Waals surface area contributed by atoms with Gasteiger partial charge in [-0.3, -0.25) is 14.4 Å². The van der Waals surface area contributed by atoms with E-state index in [0.717, 1.165) is 5.56 Å². The van der Waals surface area contributed by atoms with Crippen molar-refractivity contribution in [2.24, 2.45) is 0 Å². The Bertz CT molecular complexity index is 747. The molecule has 26 heavy (non-hydrogen) atoms. The van der Waals surface area contributed by atoms with Crippen LogP contribution in [0.5, 0.6) is 0 Å². The third kappa shape index (κ3) is 6.29. The van der Waals surface area contributed by atoms with Crippen molar-refractivity contribution in [1.82, 2.24) is 10.6 Å². The lowest BCUT2D eigenvalue weighted by atomic mass is 10.1. The van der Waals surface area contributed by atoms with Gasteiger partial charge in [-0.25, -0.2) is 4.39 Å². The number of hydrogen-bond acceptors (Lipinski definition) is 5. The number of benzene rings is 1. The zero-order valence-electron chi connectivity index (χ0n) is 14.2. The number of hydrogen-bond donors (Lipinski definition) is 2. The second-order valence-corrected chi connectivity index (χ2v) is 6.41. The summed E-state index contributed by atoms with van der Waals surface area (Å²) in [6.07, 6.45) is -0.446. The second-order valence-electron chi connectivity index (χ2n) is 5.46. The molecule has 1 heterocycles. The molecule has 2 amide bonds. The van der Waals surface area contributed by atoms with Crippen LogP contribution in [0.2, 0.25) is 0 Å². The van der Waals surface area contributed by atoms with Gasteiger partial charge in [0.25, 0.3) is 11.8 Å². The summed E-state index contributed by atoms with van der Waals surface area (Å²) in [7, 11) is 0. The lowest BCUT2D eigenvalue weighted by Gasteiger charge is -2.13.